The maximum atomic E-state index is 13.8. The summed E-state index contributed by atoms with van der Waals surface area (Å²) in [5.41, 5.74) is 1.33. The third kappa shape index (κ3) is 2.65. The highest BCUT2D eigenvalue weighted by molar-refractivity contribution is 5.90. The maximum Gasteiger partial charge on any atom is 0.167 e. The van der Waals surface area contributed by atoms with E-state index in [4.69, 9.17) is 4.74 Å². The summed E-state index contributed by atoms with van der Waals surface area (Å²) in [6.45, 7) is 0.527. The van der Waals surface area contributed by atoms with Crippen LogP contribution in [0.3, 0.4) is 0 Å². The predicted octanol–water partition coefficient (Wildman–Crippen LogP) is 2.20. The van der Waals surface area contributed by atoms with Gasteiger partial charge in [-0.2, -0.15) is 0 Å². The van der Waals surface area contributed by atoms with Crippen LogP contribution in [0.1, 0.15) is 5.69 Å². The SMILES string of the molecule is COc1cc2c(N(C)Cc3cnccn3)ncnc2cc1F. The molecular formula is C15H14FN5O. The molecule has 0 bridgehead atoms. The van der Waals surface area contributed by atoms with Crippen molar-refractivity contribution in [3.8, 4) is 5.75 Å². The van der Waals surface area contributed by atoms with Crippen molar-refractivity contribution in [2.24, 2.45) is 0 Å². The Kier molecular flexibility index (Phi) is 3.78. The van der Waals surface area contributed by atoms with Crippen molar-refractivity contribution in [2.75, 3.05) is 19.1 Å². The fourth-order valence-electron chi connectivity index (χ4n) is 2.23. The summed E-state index contributed by atoms with van der Waals surface area (Å²) in [6, 6.07) is 2.95. The number of methoxy groups -OCH3 is 1. The van der Waals surface area contributed by atoms with Gasteiger partial charge >= 0.3 is 0 Å². The van der Waals surface area contributed by atoms with Crippen LogP contribution >= 0.6 is 0 Å². The van der Waals surface area contributed by atoms with E-state index >= 15 is 0 Å². The molecule has 2 aromatic heterocycles. The molecule has 0 radical (unpaired) electrons. The number of ether oxygens (including phenoxy) is 1. The van der Waals surface area contributed by atoms with Crippen LogP contribution in [-0.2, 0) is 6.54 Å². The van der Waals surface area contributed by atoms with Crippen molar-refractivity contribution in [1.29, 1.82) is 0 Å². The van der Waals surface area contributed by atoms with Crippen molar-refractivity contribution in [1.82, 2.24) is 19.9 Å². The van der Waals surface area contributed by atoms with Gasteiger partial charge in [0.05, 0.1) is 31.1 Å². The van der Waals surface area contributed by atoms with Crippen molar-refractivity contribution < 1.29 is 9.13 Å². The van der Waals surface area contributed by atoms with E-state index in [1.54, 1.807) is 24.7 Å². The molecule has 0 aliphatic rings. The molecule has 6 nitrogen and oxygen atoms in total. The van der Waals surface area contributed by atoms with E-state index in [9.17, 15) is 4.39 Å². The molecule has 0 saturated heterocycles. The first-order chi connectivity index (χ1) is 10.7. The second kappa shape index (κ2) is 5.88. The van der Waals surface area contributed by atoms with E-state index in [0.29, 0.717) is 23.3 Å². The van der Waals surface area contributed by atoms with Crippen molar-refractivity contribution in [3.63, 3.8) is 0 Å². The Morgan fingerprint density at radius 3 is 2.77 bits per heavy atom. The minimum Gasteiger partial charge on any atom is -0.494 e. The highest BCUT2D eigenvalue weighted by Gasteiger charge is 2.13. The smallest absolute Gasteiger partial charge is 0.167 e. The second-order valence-electron chi connectivity index (χ2n) is 4.75. The zero-order chi connectivity index (χ0) is 15.5. The highest BCUT2D eigenvalue weighted by Crippen LogP contribution is 2.29. The van der Waals surface area contributed by atoms with Crippen LogP contribution in [0.25, 0.3) is 10.9 Å². The summed E-state index contributed by atoms with van der Waals surface area (Å²) >= 11 is 0. The standard InChI is InChI=1S/C15H14FN5O/c1-21(8-10-7-17-3-4-18-10)15-11-5-14(22-2)12(16)6-13(11)19-9-20-15/h3-7,9H,8H2,1-2H3. The van der Waals surface area contributed by atoms with Gasteiger partial charge in [-0.15, -0.1) is 0 Å². The number of fused-ring (bicyclic) bond motifs is 1. The van der Waals surface area contributed by atoms with E-state index < -0.39 is 5.82 Å². The molecule has 0 spiro atoms. The Labute approximate surface area is 126 Å². The normalized spacial score (nSPS) is 10.7. The molecule has 3 aromatic rings. The number of aromatic nitrogens is 4. The van der Waals surface area contributed by atoms with Crippen LogP contribution in [-0.4, -0.2) is 34.1 Å². The Balaban J connectivity index is 2.02. The molecule has 0 amide bonds. The molecule has 0 N–H and O–H groups in total. The van der Waals surface area contributed by atoms with Gasteiger partial charge in [0.15, 0.2) is 11.6 Å². The van der Waals surface area contributed by atoms with Gasteiger partial charge in [0.2, 0.25) is 0 Å². The van der Waals surface area contributed by atoms with Gasteiger partial charge < -0.3 is 9.64 Å². The van der Waals surface area contributed by atoms with Crippen LogP contribution < -0.4 is 9.64 Å². The molecule has 1 aromatic carbocycles. The van der Waals surface area contributed by atoms with Crippen molar-refractivity contribution >= 4 is 16.7 Å². The number of anilines is 1. The minimum absolute atomic E-state index is 0.163. The number of hydrogen-bond acceptors (Lipinski definition) is 6. The van der Waals surface area contributed by atoms with E-state index in [1.165, 1.54) is 19.5 Å². The molecule has 0 unspecified atom stereocenters. The highest BCUT2D eigenvalue weighted by atomic mass is 19.1. The van der Waals surface area contributed by atoms with Crippen molar-refractivity contribution in [3.05, 3.63) is 48.6 Å². The van der Waals surface area contributed by atoms with E-state index in [1.807, 2.05) is 11.9 Å². The molecule has 0 aliphatic carbocycles. The fourth-order valence-corrected chi connectivity index (χ4v) is 2.23. The Morgan fingerprint density at radius 2 is 2.05 bits per heavy atom. The molecule has 7 heteroatoms. The molecular weight excluding hydrogens is 285 g/mol. The lowest BCUT2D eigenvalue weighted by molar-refractivity contribution is 0.387. The molecule has 22 heavy (non-hydrogen) atoms. The largest absolute Gasteiger partial charge is 0.494 e. The zero-order valence-corrected chi connectivity index (χ0v) is 12.2. The first-order valence-corrected chi connectivity index (χ1v) is 6.63. The average molecular weight is 299 g/mol. The number of halogens is 1. The lowest BCUT2D eigenvalue weighted by Gasteiger charge is -2.19. The quantitative estimate of drug-likeness (QED) is 0.736. The molecule has 112 valence electrons. The van der Waals surface area contributed by atoms with Crippen molar-refractivity contribution in [2.45, 2.75) is 6.54 Å². The molecule has 0 atom stereocenters. The van der Waals surface area contributed by atoms with E-state index in [-0.39, 0.29) is 5.75 Å². The van der Waals surface area contributed by atoms with Crippen LogP contribution in [0.2, 0.25) is 0 Å². The number of benzene rings is 1. The Bertz CT molecular complexity index is 797. The van der Waals surface area contributed by atoms with Crippen LogP contribution in [0.4, 0.5) is 10.2 Å². The van der Waals surface area contributed by atoms with Crippen LogP contribution in [0.15, 0.2) is 37.1 Å². The van der Waals surface area contributed by atoms with Gasteiger partial charge in [-0.25, -0.2) is 14.4 Å². The second-order valence-corrected chi connectivity index (χ2v) is 4.75. The average Bonchev–Trinajstić information content (AvgIpc) is 2.54. The topological polar surface area (TPSA) is 64.0 Å². The number of rotatable bonds is 4. The van der Waals surface area contributed by atoms with E-state index in [2.05, 4.69) is 19.9 Å². The molecule has 0 saturated carbocycles. The van der Waals surface area contributed by atoms with Gasteiger partial charge in [0.1, 0.15) is 12.1 Å². The molecule has 0 aliphatic heterocycles. The maximum absolute atomic E-state index is 13.8. The van der Waals surface area contributed by atoms with E-state index in [0.717, 1.165) is 5.69 Å². The summed E-state index contributed by atoms with van der Waals surface area (Å²) in [7, 11) is 3.31. The summed E-state index contributed by atoms with van der Waals surface area (Å²) in [5, 5.41) is 0.715. The monoisotopic (exact) mass is 299 g/mol. The first-order valence-electron chi connectivity index (χ1n) is 6.63. The van der Waals surface area contributed by atoms with Gasteiger partial charge in [-0.1, -0.05) is 0 Å². The Morgan fingerprint density at radius 1 is 1.18 bits per heavy atom. The lowest BCUT2D eigenvalue weighted by Crippen LogP contribution is -2.19. The summed E-state index contributed by atoms with van der Waals surface area (Å²) in [6.07, 6.45) is 6.37. The summed E-state index contributed by atoms with van der Waals surface area (Å²) in [4.78, 5) is 18.6. The van der Waals surface area contributed by atoms with Gasteiger partial charge in [-0.3, -0.25) is 9.97 Å². The molecule has 3 rings (SSSR count). The molecule has 2 heterocycles. The third-order valence-corrected chi connectivity index (χ3v) is 3.27. The minimum atomic E-state index is -0.448. The summed E-state index contributed by atoms with van der Waals surface area (Å²) < 4.78 is 18.8. The molecule has 0 fully saturated rings. The van der Waals surface area contributed by atoms with Gasteiger partial charge in [0.25, 0.3) is 0 Å². The zero-order valence-electron chi connectivity index (χ0n) is 12.2. The van der Waals surface area contributed by atoms with Gasteiger partial charge in [0, 0.05) is 30.9 Å². The van der Waals surface area contributed by atoms with Crippen LogP contribution in [0, 0.1) is 5.82 Å². The summed E-state index contributed by atoms with van der Waals surface area (Å²) in [5.74, 6) is 0.390. The third-order valence-electron chi connectivity index (χ3n) is 3.27. The lowest BCUT2D eigenvalue weighted by atomic mass is 10.2. The number of nitrogens with zero attached hydrogens (tertiary/aromatic N) is 5. The Hall–Kier alpha value is -2.83. The number of hydrogen-bond donors (Lipinski definition) is 0. The fraction of sp³-hybridized carbons (Fsp3) is 0.200. The van der Waals surface area contributed by atoms with Crippen LogP contribution in [0.5, 0.6) is 5.75 Å². The van der Waals surface area contributed by atoms with Gasteiger partial charge in [-0.05, 0) is 6.07 Å². The predicted molar refractivity (Wildman–Crippen MR) is 80.2 cm³/mol. The first kappa shape index (κ1) is 14.1.